The molecule has 3 fully saturated rings. The minimum Gasteiger partial charge on any atom is -0.461 e. The number of aryl methyl sites for hydroxylation is 1. The van der Waals surface area contributed by atoms with E-state index in [2.05, 4.69) is 29.1 Å². The van der Waals surface area contributed by atoms with Gasteiger partial charge in [0.15, 0.2) is 0 Å². The summed E-state index contributed by atoms with van der Waals surface area (Å²) in [7, 11) is 0. The van der Waals surface area contributed by atoms with Crippen LogP contribution in [0.4, 0.5) is 5.69 Å². The van der Waals surface area contributed by atoms with Crippen LogP contribution in [-0.2, 0) is 23.9 Å². The number of carbonyl (C=O) groups excluding carboxylic acids is 3. The van der Waals surface area contributed by atoms with Crippen LogP contribution in [-0.4, -0.2) is 76.7 Å². The lowest BCUT2D eigenvalue weighted by atomic mass is 9.70. The number of alkyl halides is 1. The van der Waals surface area contributed by atoms with Crippen molar-refractivity contribution in [2.45, 2.75) is 42.3 Å². The third kappa shape index (κ3) is 4.20. The van der Waals surface area contributed by atoms with E-state index in [0.717, 1.165) is 5.56 Å². The molecule has 2 amide bonds. The SMILES string of the molecule is C=CCOC(=O)[C@H]1[C@H]2C(=O)N(CCCO)C(C(=O)N(CC=C)c3c(C)cccc3Cl)C23CC(Br)[C@@H]1O3. The molecule has 0 saturated carbocycles. The van der Waals surface area contributed by atoms with Gasteiger partial charge in [-0.25, -0.2) is 0 Å². The minimum atomic E-state index is -1.23. The van der Waals surface area contributed by atoms with E-state index in [1.165, 1.54) is 15.9 Å². The van der Waals surface area contributed by atoms with Gasteiger partial charge in [0.05, 0.1) is 28.6 Å². The first-order chi connectivity index (χ1) is 17.2. The number of aliphatic hydroxyl groups is 1. The van der Waals surface area contributed by atoms with E-state index in [9.17, 15) is 19.5 Å². The molecule has 1 spiro atoms. The lowest BCUT2D eigenvalue weighted by Crippen LogP contribution is -2.57. The zero-order valence-corrected chi connectivity index (χ0v) is 22.4. The number of fused-ring (bicyclic) bond motifs is 1. The molecule has 0 aromatic heterocycles. The maximum absolute atomic E-state index is 14.4. The Morgan fingerprint density at radius 1 is 1.39 bits per heavy atom. The maximum Gasteiger partial charge on any atom is 0.312 e. The predicted octanol–water partition coefficient (Wildman–Crippen LogP) is 3.03. The molecule has 4 rings (SSSR count). The van der Waals surface area contributed by atoms with Crippen LogP contribution in [0.25, 0.3) is 0 Å². The number of anilines is 1. The fourth-order valence-electron chi connectivity index (χ4n) is 5.93. The number of rotatable bonds is 10. The molecular weight excluding hydrogens is 552 g/mol. The number of carbonyl (C=O) groups is 3. The molecule has 10 heteroatoms. The number of esters is 1. The highest BCUT2D eigenvalue weighted by Gasteiger charge is 2.77. The average Bonchev–Trinajstić information content (AvgIpc) is 3.43. The van der Waals surface area contributed by atoms with Crippen LogP contribution in [0.3, 0.4) is 0 Å². The summed E-state index contributed by atoms with van der Waals surface area (Å²) in [5, 5.41) is 9.90. The van der Waals surface area contributed by atoms with Gasteiger partial charge in [-0.05, 0) is 31.4 Å². The third-order valence-electron chi connectivity index (χ3n) is 7.23. The van der Waals surface area contributed by atoms with Gasteiger partial charge in [0.1, 0.15) is 18.2 Å². The van der Waals surface area contributed by atoms with E-state index in [0.29, 0.717) is 17.1 Å². The van der Waals surface area contributed by atoms with Crippen molar-refractivity contribution in [3.63, 3.8) is 0 Å². The smallest absolute Gasteiger partial charge is 0.312 e. The van der Waals surface area contributed by atoms with Crippen molar-refractivity contribution in [2.24, 2.45) is 11.8 Å². The van der Waals surface area contributed by atoms with Crippen LogP contribution in [0.1, 0.15) is 18.4 Å². The number of nitrogens with zero attached hydrogens (tertiary/aromatic N) is 2. The maximum atomic E-state index is 14.4. The van der Waals surface area contributed by atoms with E-state index in [-0.39, 0.29) is 49.4 Å². The second-order valence-corrected chi connectivity index (χ2v) is 10.9. The average molecular weight is 582 g/mol. The van der Waals surface area contributed by atoms with Crippen molar-refractivity contribution in [3.05, 3.63) is 54.1 Å². The topological polar surface area (TPSA) is 96.4 Å². The third-order valence-corrected chi connectivity index (χ3v) is 8.38. The molecule has 8 nitrogen and oxygen atoms in total. The van der Waals surface area contributed by atoms with Gasteiger partial charge in [0.25, 0.3) is 5.91 Å². The van der Waals surface area contributed by atoms with E-state index in [4.69, 9.17) is 21.1 Å². The number of hydrogen-bond donors (Lipinski definition) is 1. The molecule has 1 aromatic rings. The Morgan fingerprint density at radius 3 is 2.78 bits per heavy atom. The van der Waals surface area contributed by atoms with E-state index < -0.39 is 35.6 Å². The highest BCUT2D eigenvalue weighted by atomic mass is 79.9. The quantitative estimate of drug-likeness (QED) is 0.259. The molecule has 1 N–H and O–H groups in total. The van der Waals surface area contributed by atoms with Gasteiger partial charge in [-0.2, -0.15) is 0 Å². The second-order valence-electron chi connectivity index (χ2n) is 9.33. The summed E-state index contributed by atoms with van der Waals surface area (Å²) in [6.07, 6.45) is 3.09. The fraction of sp³-hybridized carbons (Fsp3) is 0.500. The Labute approximate surface area is 224 Å². The number of amides is 2. The molecule has 36 heavy (non-hydrogen) atoms. The normalized spacial score (nSPS) is 30.3. The Hall–Kier alpha value is -2.20. The molecule has 3 unspecified atom stereocenters. The summed E-state index contributed by atoms with van der Waals surface area (Å²) >= 11 is 10.2. The minimum absolute atomic E-state index is 0.0123. The van der Waals surface area contributed by atoms with Gasteiger partial charge in [-0.15, -0.1) is 6.58 Å². The number of likely N-dealkylation sites (tertiary alicyclic amines) is 1. The molecular formula is C26H30BrClN2O6. The van der Waals surface area contributed by atoms with Gasteiger partial charge in [-0.1, -0.05) is 58.4 Å². The first kappa shape index (κ1) is 26.9. The first-order valence-electron chi connectivity index (χ1n) is 11.9. The van der Waals surface area contributed by atoms with Crippen LogP contribution >= 0.6 is 27.5 Å². The number of ether oxygens (including phenoxy) is 2. The van der Waals surface area contributed by atoms with Crippen LogP contribution in [0.2, 0.25) is 5.02 Å². The molecule has 3 heterocycles. The van der Waals surface area contributed by atoms with Gasteiger partial charge < -0.3 is 24.4 Å². The molecule has 0 aliphatic carbocycles. The standard InChI is InChI=1S/C26H30BrClN2O6/c1-4-10-29(20-15(3)8-6-9-17(20)28)24(33)22-26-14-16(27)21(36-26)18(25(34)35-13-5-2)19(26)23(32)30(22)11-7-12-31/h4-6,8-9,16,18-19,21-22,31H,1-2,7,10-14H2,3H3/t16?,18-,19-,21-,22?,26?/m0/s1. The van der Waals surface area contributed by atoms with Crippen molar-refractivity contribution >= 4 is 51.0 Å². The summed E-state index contributed by atoms with van der Waals surface area (Å²) in [5.41, 5.74) is 0.0942. The lowest BCUT2D eigenvalue weighted by Gasteiger charge is -2.37. The van der Waals surface area contributed by atoms with Gasteiger partial charge >= 0.3 is 5.97 Å². The Balaban J connectivity index is 1.81. The summed E-state index contributed by atoms with van der Waals surface area (Å²) in [5.74, 6) is -3.01. The summed E-state index contributed by atoms with van der Waals surface area (Å²) in [6, 6.07) is 4.34. The molecule has 6 atom stereocenters. The van der Waals surface area contributed by atoms with Crippen LogP contribution < -0.4 is 4.90 Å². The number of para-hydroxylation sites is 1. The Morgan fingerprint density at radius 2 is 2.14 bits per heavy atom. The van der Waals surface area contributed by atoms with E-state index in [1.807, 2.05) is 13.0 Å². The van der Waals surface area contributed by atoms with Crippen LogP contribution in [0, 0.1) is 18.8 Å². The summed E-state index contributed by atoms with van der Waals surface area (Å²) < 4.78 is 11.8. The van der Waals surface area contributed by atoms with Crippen molar-refractivity contribution in [2.75, 3.05) is 31.2 Å². The second kappa shape index (κ2) is 10.7. The fourth-order valence-corrected chi connectivity index (χ4v) is 7.20. The lowest BCUT2D eigenvalue weighted by molar-refractivity contribution is -0.153. The molecule has 2 bridgehead atoms. The monoisotopic (exact) mass is 580 g/mol. The van der Waals surface area contributed by atoms with Gasteiger partial charge in [0, 0.05) is 24.5 Å². The zero-order chi connectivity index (χ0) is 26.2. The number of hydrogen-bond acceptors (Lipinski definition) is 6. The number of halogens is 2. The molecule has 3 saturated heterocycles. The molecule has 3 aliphatic rings. The summed E-state index contributed by atoms with van der Waals surface area (Å²) in [4.78, 5) is 44.0. The highest BCUT2D eigenvalue weighted by molar-refractivity contribution is 9.09. The van der Waals surface area contributed by atoms with Crippen molar-refractivity contribution in [1.29, 1.82) is 0 Å². The van der Waals surface area contributed by atoms with Crippen molar-refractivity contribution in [3.8, 4) is 0 Å². The molecule has 194 valence electrons. The molecule has 1 aromatic carbocycles. The molecule has 0 radical (unpaired) electrons. The largest absolute Gasteiger partial charge is 0.461 e. The van der Waals surface area contributed by atoms with Gasteiger partial charge in [-0.3, -0.25) is 14.4 Å². The Bertz CT molecular complexity index is 1060. The zero-order valence-electron chi connectivity index (χ0n) is 20.1. The summed E-state index contributed by atoms with van der Waals surface area (Å²) in [6.45, 7) is 9.40. The predicted molar refractivity (Wildman–Crippen MR) is 139 cm³/mol. The van der Waals surface area contributed by atoms with Gasteiger partial charge in [0.2, 0.25) is 5.91 Å². The van der Waals surface area contributed by atoms with E-state index >= 15 is 0 Å². The highest BCUT2D eigenvalue weighted by Crippen LogP contribution is 2.60. The Kier molecular flexibility index (Phi) is 7.95. The molecule has 3 aliphatic heterocycles. The number of aliphatic hydroxyl groups excluding tert-OH is 1. The van der Waals surface area contributed by atoms with Crippen molar-refractivity contribution < 1.29 is 29.0 Å². The van der Waals surface area contributed by atoms with Crippen LogP contribution in [0.15, 0.2) is 43.5 Å². The van der Waals surface area contributed by atoms with Crippen molar-refractivity contribution in [1.82, 2.24) is 4.90 Å². The van der Waals surface area contributed by atoms with E-state index in [1.54, 1.807) is 18.2 Å². The first-order valence-corrected chi connectivity index (χ1v) is 13.2. The number of benzene rings is 1. The van der Waals surface area contributed by atoms with Crippen LogP contribution in [0.5, 0.6) is 0 Å².